The fourth-order valence-corrected chi connectivity index (χ4v) is 3.96. The highest BCUT2D eigenvalue weighted by molar-refractivity contribution is 6.36. The summed E-state index contributed by atoms with van der Waals surface area (Å²) < 4.78 is 1.92. The molecule has 0 unspecified atom stereocenters. The lowest BCUT2D eigenvalue weighted by molar-refractivity contribution is 0.176. The molecule has 0 spiro atoms. The molecule has 1 saturated heterocycles. The zero-order valence-corrected chi connectivity index (χ0v) is 17.5. The molecule has 0 saturated carbocycles. The van der Waals surface area contributed by atoms with Crippen molar-refractivity contribution >= 4 is 51.9 Å². The Morgan fingerprint density at radius 1 is 0.963 bits per heavy atom. The molecule has 0 N–H and O–H groups in total. The second kappa shape index (κ2) is 6.78. The molecule has 3 aromatic rings. The summed E-state index contributed by atoms with van der Waals surface area (Å²) in [6, 6.07) is 7.57. The van der Waals surface area contributed by atoms with Crippen LogP contribution in [0, 0.1) is 0 Å². The number of fused-ring (bicyclic) bond motifs is 1. The predicted molar refractivity (Wildman–Crippen MR) is 110 cm³/mol. The first-order valence-electron chi connectivity index (χ1n) is 8.62. The molecule has 9 heteroatoms. The zero-order valence-electron chi connectivity index (χ0n) is 15.2. The first-order valence-corrected chi connectivity index (χ1v) is 9.75. The van der Waals surface area contributed by atoms with E-state index in [1.54, 1.807) is 0 Å². The van der Waals surface area contributed by atoms with E-state index in [2.05, 4.69) is 40.5 Å². The number of anilines is 1. The highest BCUT2D eigenvalue weighted by Crippen LogP contribution is 2.35. The van der Waals surface area contributed by atoms with Gasteiger partial charge in [-0.05, 0) is 44.5 Å². The maximum absolute atomic E-state index is 6.49. The smallest absolute Gasteiger partial charge is 0.225 e. The average Bonchev–Trinajstić information content (AvgIpc) is 3.19. The topological polar surface area (TPSA) is 50.1 Å². The van der Waals surface area contributed by atoms with Crippen molar-refractivity contribution in [2.24, 2.45) is 0 Å². The third kappa shape index (κ3) is 3.36. The van der Waals surface area contributed by atoms with Gasteiger partial charge in [0.25, 0.3) is 0 Å². The maximum atomic E-state index is 6.49. The van der Waals surface area contributed by atoms with Gasteiger partial charge in [0, 0.05) is 18.6 Å². The molecule has 1 aromatic carbocycles. The van der Waals surface area contributed by atoms with Gasteiger partial charge in [0.2, 0.25) is 11.2 Å². The lowest BCUT2D eigenvalue weighted by Crippen LogP contribution is -2.40. The molecule has 0 atom stereocenters. The average molecular weight is 426 g/mol. The zero-order chi connectivity index (χ0) is 19.3. The molecule has 6 nitrogen and oxygen atoms in total. The molecule has 27 heavy (non-hydrogen) atoms. The number of halogens is 3. The van der Waals surface area contributed by atoms with Gasteiger partial charge in [-0.2, -0.15) is 9.97 Å². The van der Waals surface area contributed by atoms with Crippen LogP contribution in [0.4, 0.5) is 5.95 Å². The molecule has 142 valence electrons. The van der Waals surface area contributed by atoms with E-state index in [1.165, 1.54) is 0 Å². The van der Waals surface area contributed by atoms with Crippen LogP contribution < -0.4 is 4.90 Å². The molecule has 1 aliphatic rings. The monoisotopic (exact) mass is 424 g/mol. The Kier molecular flexibility index (Phi) is 4.71. The van der Waals surface area contributed by atoms with E-state index in [9.17, 15) is 0 Å². The van der Waals surface area contributed by atoms with E-state index < -0.39 is 0 Å². The van der Waals surface area contributed by atoms with Crippen LogP contribution in [0.1, 0.15) is 20.8 Å². The highest BCUT2D eigenvalue weighted by atomic mass is 35.5. The van der Waals surface area contributed by atoms with Gasteiger partial charge in [-0.1, -0.05) is 35.3 Å². The minimum atomic E-state index is 0.0662. The first-order chi connectivity index (χ1) is 12.8. The van der Waals surface area contributed by atoms with Gasteiger partial charge in [0.05, 0.1) is 17.4 Å². The van der Waals surface area contributed by atoms with Crippen LogP contribution in [-0.4, -0.2) is 49.7 Å². The lowest BCUT2D eigenvalue weighted by atomic mass is 10.1. The Morgan fingerprint density at radius 2 is 1.70 bits per heavy atom. The van der Waals surface area contributed by atoms with Gasteiger partial charge in [0.15, 0.2) is 10.8 Å². The van der Waals surface area contributed by atoms with Crippen molar-refractivity contribution in [3.05, 3.63) is 39.7 Å². The Morgan fingerprint density at radius 3 is 2.37 bits per heavy atom. The molecule has 0 bridgehead atoms. The van der Waals surface area contributed by atoms with Crippen LogP contribution >= 0.6 is 34.8 Å². The van der Waals surface area contributed by atoms with Crippen molar-refractivity contribution in [3.63, 3.8) is 0 Å². The van der Waals surface area contributed by atoms with Crippen molar-refractivity contribution in [2.75, 3.05) is 24.7 Å². The summed E-state index contributed by atoms with van der Waals surface area (Å²) in [5, 5.41) is 0.909. The highest BCUT2D eigenvalue weighted by Gasteiger charge is 2.32. The van der Waals surface area contributed by atoms with Crippen LogP contribution in [0.3, 0.4) is 0 Å². The second-order valence-electron chi connectivity index (χ2n) is 7.49. The number of rotatable bonds is 2. The van der Waals surface area contributed by atoms with Crippen LogP contribution in [0.5, 0.6) is 0 Å². The number of imidazole rings is 1. The van der Waals surface area contributed by atoms with Gasteiger partial charge in [-0.3, -0.25) is 9.47 Å². The van der Waals surface area contributed by atoms with E-state index in [0.717, 1.165) is 31.4 Å². The summed E-state index contributed by atoms with van der Waals surface area (Å²) in [7, 11) is 0. The minimum absolute atomic E-state index is 0.0662. The summed E-state index contributed by atoms with van der Waals surface area (Å²) in [4.78, 5) is 17.7. The van der Waals surface area contributed by atoms with Crippen molar-refractivity contribution < 1.29 is 0 Å². The molecule has 0 aliphatic carbocycles. The van der Waals surface area contributed by atoms with Gasteiger partial charge >= 0.3 is 0 Å². The quantitative estimate of drug-likeness (QED) is 0.442. The van der Waals surface area contributed by atoms with Crippen LogP contribution in [0.2, 0.25) is 15.5 Å². The predicted octanol–water partition coefficient (Wildman–Crippen LogP) is 4.65. The fourth-order valence-electron chi connectivity index (χ4n) is 3.28. The number of benzene rings is 1. The number of nitrogens with zero attached hydrogens (tertiary/aromatic N) is 6. The van der Waals surface area contributed by atoms with Crippen LogP contribution in [0.15, 0.2) is 24.3 Å². The molecule has 0 radical (unpaired) electrons. The number of aromatic nitrogens is 4. The number of hydrogen-bond donors (Lipinski definition) is 0. The molecule has 2 aromatic heterocycles. The molecular formula is C18H19Cl3N6. The van der Waals surface area contributed by atoms with Gasteiger partial charge in [0.1, 0.15) is 5.52 Å². The van der Waals surface area contributed by atoms with E-state index in [4.69, 9.17) is 39.8 Å². The van der Waals surface area contributed by atoms with Crippen LogP contribution in [0.25, 0.3) is 16.9 Å². The fraction of sp³-hybridized carbons (Fsp3) is 0.389. The molecule has 4 rings (SSSR count). The lowest BCUT2D eigenvalue weighted by Gasteiger charge is -2.31. The number of hydrogen-bond acceptors (Lipinski definition) is 5. The van der Waals surface area contributed by atoms with Crippen molar-refractivity contribution in [1.29, 1.82) is 0 Å². The maximum Gasteiger partial charge on any atom is 0.225 e. The largest absolute Gasteiger partial charge is 0.328 e. The minimum Gasteiger partial charge on any atom is -0.328 e. The van der Waals surface area contributed by atoms with E-state index in [0.29, 0.717) is 16.2 Å². The van der Waals surface area contributed by atoms with E-state index in [1.807, 2.05) is 28.8 Å². The number of para-hydroxylation sites is 1. The van der Waals surface area contributed by atoms with Crippen molar-refractivity contribution in [1.82, 2.24) is 24.4 Å². The summed E-state index contributed by atoms with van der Waals surface area (Å²) in [5.74, 6) is 0.725. The molecule has 1 fully saturated rings. The van der Waals surface area contributed by atoms with E-state index >= 15 is 0 Å². The van der Waals surface area contributed by atoms with Gasteiger partial charge in [-0.15, -0.1) is 0 Å². The Labute approximate surface area is 172 Å². The van der Waals surface area contributed by atoms with Crippen molar-refractivity contribution in [3.8, 4) is 5.69 Å². The molecular weight excluding hydrogens is 407 g/mol. The third-order valence-corrected chi connectivity index (χ3v) is 5.48. The summed E-state index contributed by atoms with van der Waals surface area (Å²) in [6.45, 7) is 9.14. The first kappa shape index (κ1) is 18.7. The standard InChI is InChI=1S/C18H19Cl3N6/c1-18(2,3)26-9-8-25(10-26)17-24-15-13(14(20)22-16(21)23-15)27(17)12-7-5-4-6-11(12)19/h4-7H,8-10H2,1-3H3. The normalized spacial score (nSPS) is 15.9. The Balaban J connectivity index is 1.92. The summed E-state index contributed by atoms with van der Waals surface area (Å²) >= 11 is 18.9. The van der Waals surface area contributed by atoms with Crippen molar-refractivity contribution in [2.45, 2.75) is 26.3 Å². The van der Waals surface area contributed by atoms with Gasteiger partial charge in [-0.25, -0.2) is 4.98 Å². The summed E-state index contributed by atoms with van der Waals surface area (Å²) in [5.41, 5.74) is 1.89. The SMILES string of the molecule is CC(C)(C)N1CCN(c2nc3nc(Cl)nc(Cl)c3n2-c2ccccc2Cl)C1. The summed E-state index contributed by atoms with van der Waals surface area (Å²) in [6.07, 6.45) is 0. The molecule has 0 amide bonds. The third-order valence-electron chi connectivity index (χ3n) is 4.73. The van der Waals surface area contributed by atoms with Gasteiger partial charge < -0.3 is 4.90 Å². The Bertz CT molecular complexity index is 1010. The van der Waals surface area contributed by atoms with Crippen LogP contribution in [-0.2, 0) is 0 Å². The Hall–Kier alpha value is -1.60. The molecule has 3 heterocycles. The van der Waals surface area contributed by atoms with E-state index in [-0.39, 0.29) is 16.0 Å². The second-order valence-corrected chi connectivity index (χ2v) is 8.60. The molecule has 1 aliphatic heterocycles.